The molecule has 1 aromatic rings. The summed E-state index contributed by atoms with van der Waals surface area (Å²) in [6, 6.07) is 2.15. The van der Waals surface area contributed by atoms with Gasteiger partial charge in [0.2, 0.25) is 5.91 Å². The summed E-state index contributed by atoms with van der Waals surface area (Å²) in [4.78, 5) is 14.4. The Morgan fingerprint density at radius 1 is 1.45 bits per heavy atom. The molecule has 1 aliphatic heterocycles. The van der Waals surface area contributed by atoms with E-state index in [1.807, 2.05) is 23.4 Å². The van der Waals surface area contributed by atoms with Crippen molar-refractivity contribution in [1.82, 2.24) is 14.7 Å². The summed E-state index contributed by atoms with van der Waals surface area (Å²) in [5, 5.41) is 13.2. The average molecular weight is 302 g/mol. The zero-order valence-electron chi connectivity index (χ0n) is 13.9. The Labute approximate surface area is 132 Å². The molecular formula is C17H26N4O. The van der Waals surface area contributed by atoms with Gasteiger partial charge in [0.15, 0.2) is 0 Å². The van der Waals surface area contributed by atoms with Crippen LogP contribution < -0.4 is 0 Å². The number of nitrogens with zero attached hydrogens (tertiary/aromatic N) is 4. The smallest absolute Gasteiger partial charge is 0.222 e. The summed E-state index contributed by atoms with van der Waals surface area (Å²) in [7, 11) is 0. The summed E-state index contributed by atoms with van der Waals surface area (Å²) >= 11 is 0. The lowest BCUT2D eigenvalue weighted by Gasteiger charge is -2.31. The van der Waals surface area contributed by atoms with E-state index in [0.29, 0.717) is 25.3 Å². The van der Waals surface area contributed by atoms with Crippen molar-refractivity contribution < 1.29 is 4.79 Å². The molecule has 0 N–H and O–H groups in total. The van der Waals surface area contributed by atoms with Crippen LogP contribution in [0.4, 0.5) is 0 Å². The number of piperidine rings is 1. The van der Waals surface area contributed by atoms with E-state index in [1.165, 1.54) is 6.42 Å². The summed E-state index contributed by atoms with van der Waals surface area (Å²) in [5.41, 5.74) is 3.24. The molecule has 0 aliphatic carbocycles. The fourth-order valence-corrected chi connectivity index (χ4v) is 3.28. The second-order valence-electron chi connectivity index (χ2n) is 6.37. The standard InChI is InChI=1S/C17H26N4O/c1-13-6-4-10-20(12-13)17(22)8-7-16-14(2)19-21(15(16)3)11-5-9-18/h13H,4-8,10-12H2,1-3H3. The van der Waals surface area contributed by atoms with E-state index < -0.39 is 0 Å². The third kappa shape index (κ3) is 3.88. The summed E-state index contributed by atoms with van der Waals surface area (Å²) in [6.45, 7) is 8.66. The molecule has 1 atom stereocenters. The number of likely N-dealkylation sites (tertiary alicyclic amines) is 1. The van der Waals surface area contributed by atoms with E-state index in [4.69, 9.17) is 5.26 Å². The molecule has 2 heterocycles. The maximum atomic E-state index is 12.4. The molecule has 1 unspecified atom stereocenters. The quantitative estimate of drug-likeness (QED) is 0.840. The predicted octanol–water partition coefficient (Wildman–Crippen LogP) is 2.60. The molecule has 2 rings (SSSR count). The summed E-state index contributed by atoms with van der Waals surface area (Å²) in [6.07, 6.45) is 4.11. The Morgan fingerprint density at radius 2 is 2.23 bits per heavy atom. The Hall–Kier alpha value is -1.83. The van der Waals surface area contributed by atoms with Gasteiger partial charge in [0.25, 0.3) is 0 Å². The maximum absolute atomic E-state index is 12.4. The molecule has 0 radical (unpaired) electrons. The number of carbonyl (C=O) groups is 1. The lowest BCUT2D eigenvalue weighted by atomic mass is 9.99. The van der Waals surface area contributed by atoms with Crippen LogP contribution in [0.1, 0.15) is 49.6 Å². The van der Waals surface area contributed by atoms with Gasteiger partial charge in [0, 0.05) is 25.2 Å². The second-order valence-corrected chi connectivity index (χ2v) is 6.37. The molecule has 1 amide bonds. The maximum Gasteiger partial charge on any atom is 0.222 e. The van der Waals surface area contributed by atoms with Crippen LogP contribution in [0.15, 0.2) is 0 Å². The van der Waals surface area contributed by atoms with E-state index in [2.05, 4.69) is 18.1 Å². The zero-order valence-corrected chi connectivity index (χ0v) is 13.9. The monoisotopic (exact) mass is 302 g/mol. The summed E-state index contributed by atoms with van der Waals surface area (Å²) in [5.74, 6) is 0.880. The van der Waals surface area contributed by atoms with Gasteiger partial charge in [0.05, 0.1) is 24.7 Å². The van der Waals surface area contributed by atoms with Gasteiger partial charge in [-0.1, -0.05) is 6.92 Å². The highest BCUT2D eigenvalue weighted by Crippen LogP contribution is 2.19. The van der Waals surface area contributed by atoms with Crippen molar-refractivity contribution in [2.75, 3.05) is 13.1 Å². The number of hydrogen-bond acceptors (Lipinski definition) is 3. The van der Waals surface area contributed by atoms with Gasteiger partial charge in [-0.25, -0.2) is 0 Å². The lowest BCUT2D eigenvalue weighted by Crippen LogP contribution is -2.39. The van der Waals surface area contributed by atoms with Crippen LogP contribution in [0, 0.1) is 31.1 Å². The normalized spacial score (nSPS) is 18.3. The minimum absolute atomic E-state index is 0.259. The third-order valence-corrected chi connectivity index (χ3v) is 4.57. The molecule has 5 nitrogen and oxygen atoms in total. The highest BCUT2D eigenvalue weighted by molar-refractivity contribution is 5.76. The average Bonchev–Trinajstić information content (AvgIpc) is 2.77. The second kappa shape index (κ2) is 7.44. The molecule has 0 saturated carbocycles. The van der Waals surface area contributed by atoms with E-state index in [-0.39, 0.29) is 5.91 Å². The number of amides is 1. The first-order chi connectivity index (χ1) is 10.5. The number of rotatable bonds is 5. The van der Waals surface area contributed by atoms with Crippen molar-refractivity contribution in [3.8, 4) is 6.07 Å². The first kappa shape index (κ1) is 16.5. The molecular weight excluding hydrogens is 276 g/mol. The Bertz CT molecular complexity index is 570. The van der Waals surface area contributed by atoms with Crippen LogP contribution in [0.3, 0.4) is 0 Å². The van der Waals surface area contributed by atoms with Gasteiger partial charge in [-0.05, 0) is 44.6 Å². The van der Waals surface area contributed by atoms with Crippen LogP contribution in [-0.4, -0.2) is 33.7 Å². The van der Waals surface area contributed by atoms with Crippen molar-refractivity contribution in [3.63, 3.8) is 0 Å². The van der Waals surface area contributed by atoms with Crippen molar-refractivity contribution in [3.05, 3.63) is 17.0 Å². The number of aryl methyl sites for hydroxylation is 2. The molecule has 0 bridgehead atoms. The minimum atomic E-state index is 0.259. The zero-order chi connectivity index (χ0) is 16.1. The van der Waals surface area contributed by atoms with Gasteiger partial charge in [-0.2, -0.15) is 10.4 Å². The predicted molar refractivity (Wildman–Crippen MR) is 85.2 cm³/mol. The van der Waals surface area contributed by atoms with E-state index >= 15 is 0 Å². The van der Waals surface area contributed by atoms with Crippen molar-refractivity contribution in [2.24, 2.45) is 5.92 Å². The van der Waals surface area contributed by atoms with E-state index in [0.717, 1.165) is 42.9 Å². The molecule has 0 spiro atoms. The largest absolute Gasteiger partial charge is 0.342 e. The molecule has 1 fully saturated rings. The summed E-state index contributed by atoms with van der Waals surface area (Å²) < 4.78 is 1.89. The van der Waals surface area contributed by atoms with Crippen LogP contribution in [-0.2, 0) is 17.8 Å². The Balaban J connectivity index is 1.95. The number of aromatic nitrogens is 2. The lowest BCUT2D eigenvalue weighted by molar-refractivity contribution is -0.132. The molecule has 1 aromatic heterocycles. The van der Waals surface area contributed by atoms with Crippen molar-refractivity contribution in [2.45, 2.75) is 59.4 Å². The molecule has 22 heavy (non-hydrogen) atoms. The van der Waals surface area contributed by atoms with Crippen LogP contribution >= 0.6 is 0 Å². The minimum Gasteiger partial charge on any atom is -0.342 e. The van der Waals surface area contributed by atoms with Gasteiger partial charge in [0.1, 0.15) is 0 Å². The Kier molecular flexibility index (Phi) is 5.59. The molecule has 120 valence electrons. The van der Waals surface area contributed by atoms with Crippen molar-refractivity contribution >= 4 is 5.91 Å². The highest BCUT2D eigenvalue weighted by atomic mass is 16.2. The fourth-order valence-electron chi connectivity index (χ4n) is 3.28. The van der Waals surface area contributed by atoms with Crippen LogP contribution in [0.25, 0.3) is 0 Å². The van der Waals surface area contributed by atoms with Gasteiger partial charge in [-0.15, -0.1) is 0 Å². The van der Waals surface area contributed by atoms with Crippen LogP contribution in [0.5, 0.6) is 0 Å². The number of nitriles is 1. The first-order valence-electron chi connectivity index (χ1n) is 8.20. The molecule has 5 heteroatoms. The molecule has 0 aromatic carbocycles. The van der Waals surface area contributed by atoms with Crippen molar-refractivity contribution in [1.29, 1.82) is 5.26 Å². The Morgan fingerprint density at radius 3 is 2.91 bits per heavy atom. The fraction of sp³-hybridized carbons (Fsp3) is 0.706. The number of carbonyl (C=O) groups excluding carboxylic acids is 1. The first-order valence-corrected chi connectivity index (χ1v) is 8.20. The topological polar surface area (TPSA) is 61.9 Å². The molecule has 1 aliphatic rings. The van der Waals surface area contributed by atoms with Gasteiger partial charge < -0.3 is 4.90 Å². The van der Waals surface area contributed by atoms with Gasteiger partial charge in [-0.3, -0.25) is 9.48 Å². The number of hydrogen-bond donors (Lipinski definition) is 0. The van der Waals surface area contributed by atoms with E-state index in [9.17, 15) is 4.79 Å². The van der Waals surface area contributed by atoms with Gasteiger partial charge >= 0.3 is 0 Å². The third-order valence-electron chi connectivity index (χ3n) is 4.57. The van der Waals surface area contributed by atoms with Crippen LogP contribution in [0.2, 0.25) is 0 Å². The highest BCUT2D eigenvalue weighted by Gasteiger charge is 2.21. The SMILES string of the molecule is Cc1nn(CCC#N)c(C)c1CCC(=O)N1CCCC(C)C1. The molecule has 1 saturated heterocycles. The van der Waals surface area contributed by atoms with E-state index in [1.54, 1.807) is 0 Å².